The van der Waals surface area contributed by atoms with Crippen LogP contribution < -0.4 is 0 Å². The Labute approximate surface area is 106 Å². The Bertz CT molecular complexity index is 237. The van der Waals surface area contributed by atoms with E-state index < -0.39 is 0 Å². The highest BCUT2D eigenvalue weighted by Crippen LogP contribution is 2.26. The molecule has 0 aromatic rings. The molecule has 17 heavy (non-hydrogen) atoms. The molecule has 0 aliphatic rings. The summed E-state index contributed by atoms with van der Waals surface area (Å²) in [5.74, 6) is -0.345. The molecule has 0 bridgehead atoms. The van der Waals surface area contributed by atoms with E-state index >= 15 is 0 Å². The molecular weight excluding hydrogens is 214 g/mol. The van der Waals surface area contributed by atoms with Gasteiger partial charge in [-0.15, -0.1) is 0 Å². The highest BCUT2D eigenvalue weighted by atomic mass is 16.6. The second-order valence-corrected chi connectivity index (χ2v) is 5.40. The minimum absolute atomic E-state index is 0.0942. The molecule has 0 saturated carbocycles. The lowest BCUT2D eigenvalue weighted by molar-refractivity contribution is -0.166. The molecule has 3 nitrogen and oxygen atoms in total. The van der Waals surface area contributed by atoms with Crippen molar-refractivity contribution in [2.24, 2.45) is 5.41 Å². The van der Waals surface area contributed by atoms with Gasteiger partial charge in [0, 0.05) is 24.6 Å². The fourth-order valence-electron chi connectivity index (χ4n) is 1.88. The van der Waals surface area contributed by atoms with E-state index in [0.29, 0.717) is 0 Å². The molecule has 0 heterocycles. The molecule has 100 valence electrons. The summed E-state index contributed by atoms with van der Waals surface area (Å²) in [5, 5.41) is 0. The van der Waals surface area contributed by atoms with Gasteiger partial charge in [-0.1, -0.05) is 41.2 Å². The monoisotopic (exact) mass is 241 g/mol. The van der Waals surface area contributed by atoms with Crippen molar-refractivity contribution in [3.05, 3.63) is 12.7 Å². The molecule has 0 radical (unpaired) electrons. The van der Waals surface area contributed by atoms with Gasteiger partial charge in [0.05, 0.1) is 0 Å². The van der Waals surface area contributed by atoms with E-state index in [4.69, 9.17) is 4.74 Å². The maximum absolute atomic E-state index is 11.4. The number of carbonyl (C=O) groups excluding carboxylic acids is 1. The summed E-state index contributed by atoms with van der Waals surface area (Å²) in [6.45, 7) is 15.9. The minimum Gasteiger partial charge on any atom is -0.443 e. The van der Waals surface area contributed by atoms with Crippen LogP contribution in [-0.2, 0) is 9.53 Å². The van der Waals surface area contributed by atoms with Crippen molar-refractivity contribution in [1.82, 2.24) is 4.90 Å². The van der Waals surface area contributed by atoms with Crippen LogP contribution >= 0.6 is 0 Å². The molecule has 0 aliphatic heterocycles. The first kappa shape index (κ1) is 16.2. The Kier molecular flexibility index (Phi) is 7.12. The van der Waals surface area contributed by atoms with Crippen LogP contribution in [0.2, 0.25) is 0 Å². The molecule has 0 aromatic carbocycles. The maximum Gasteiger partial charge on any atom is 0.331 e. The van der Waals surface area contributed by atoms with Crippen molar-refractivity contribution >= 4 is 5.97 Å². The SMILES string of the molecule is C=CC(=O)OC(N(CCC)CCC)C(C)(C)C. The third-order valence-corrected chi connectivity index (χ3v) is 2.49. The molecule has 0 aliphatic carbocycles. The molecule has 0 N–H and O–H groups in total. The molecule has 0 fully saturated rings. The summed E-state index contributed by atoms with van der Waals surface area (Å²) in [7, 11) is 0. The van der Waals surface area contributed by atoms with Crippen molar-refractivity contribution in [1.29, 1.82) is 0 Å². The van der Waals surface area contributed by atoms with E-state index in [1.165, 1.54) is 6.08 Å². The predicted octanol–water partition coefficient (Wildman–Crippen LogP) is 3.21. The summed E-state index contributed by atoms with van der Waals surface area (Å²) in [4.78, 5) is 13.7. The zero-order valence-electron chi connectivity index (χ0n) is 12.0. The molecule has 0 amide bonds. The van der Waals surface area contributed by atoms with Crippen LogP contribution in [0.3, 0.4) is 0 Å². The fourth-order valence-corrected chi connectivity index (χ4v) is 1.88. The van der Waals surface area contributed by atoms with E-state index in [0.717, 1.165) is 25.9 Å². The third-order valence-electron chi connectivity index (χ3n) is 2.49. The number of ether oxygens (including phenoxy) is 1. The highest BCUT2D eigenvalue weighted by Gasteiger charge is 2.32. The van der Waals surface area contributed by atoms with Gasteiger partial charge in [-0.25, -0.2) is 4.79 Å². The first-order valence-electron chi connectivity index (χ1n) is 6.43. The smallest absolute Gasteiger partial charge is 0.331 e. The van der Waals surface area contributed by atoms with Gasteiger partial charge in [0.1, 0.15) is 0 Å². The lowest BCUT2D eigenvalue weighted by atomic mass is 9.92. The van der Waals surface area contributed by atoms with Crippen LogP contribution in [0.25, 0.3) is 0 Å². The van der Waals surface area contributed by atoms with Crippen molar-refractivity contribution in [2.45, 2.75) is 53.7 Å². The van der Waals surface area contributed by atoms with Gasteiger partial charge in [-0.2, -0.15) is 0 Å². The average molecular weight is 241 g/mol. The Morgan fingerprint density at radius 1 is 1.29 bits per heavy atom. The van der Waals surface area contributed by atoms with E-state index in [2.05, 4.69) is 46.1 Å². The Morgan fingerprint density at radius 2 is 1.76 bits per heavy atom. The standard InChI is InChI=1S/C14H27NO2/c1-7-10-15(11-8-2)13(14(4,5)6)17-12(16)9-3/h9,13H,3,7-8,10-11H2,1-2,4-6H3. The Balaban J connectivity index is 4.84. The number of hydrogen-bond acceptors (Lipinski definition) is 3. The molecule has 0 rings (SSSR count). The molecule has 0 spiro atoms. The topological polar surface area (TPSA) is 29.5 Å². The quantitative estimate of drug-likeness (QED) is 0.389. The number of hydrogen-bond donors (Lipinski definition) is 0. The first-order valence-corrected chi connectivity index (χ1v) is 6.43. The average Bonchev–Trinajstić information content (AvgIpc) is 2.23. The third kappa shape index (κ3) is 5.87. The molecule has 3 heteroatoms. The Hall–Kier alpha value is -0.830. The zero-order chi connectivity index (χ0) is 13.5. The van der Waals surface area contributed by atoms with Crippen LogP contribution in [0.5, 0.6) is 0 Å². The predicted molar refractivity (Wildman–Crippen MR) is 71.7 cm³/mol. The number of carbonyl (C=O) groups is 1. The van der Waals surface area contributed by atoms with Crippen LogP contribution in [0.15, 0.2) is 12.7 Å². The van der Waals surface area contributed by atoms with Crippen molar-refractivity contribution in [2.75, 3.05) is 13.1 Å². The molecule has 0 saturated heterocycles. The second-order valence-electron chi connectivity index (χ2n) is 5.40. The van der Waals surface area contributed by atoms with E-state index in [1.807, 2.05) is 0 Å². The molecule has 0 aromatic heterocycles. The van der Waals surface area contributed by atoms with Gasteiger partial charge in [0.2, 0.25) is 0 Å². The first-order chi connectivity index (χ1) is 7.86. The van der Waals surface area contributed by atoms with Crippen molar-refractivity contribution in [3.8, 4) is 0 Å². The van der Waals surface area contributed by atoms with E-state index in [9.17, 15) is 4.79 Å². The summed E-state index contributed by atoms with van der Waals surface area (Å²) < 4.78 is 5.50. The summed E-state index contributed by atoms with van der Waals surface area (Å²) in [5.41, 5.74) is -0.0942. The largest absolute Gasteiger partial charge is 0.443 e. The molecule has 1 unspecified atom stereocenters. The zero-order valence-corrected chi connectivity index (χ0v) is 12.0. The molecule has 1 atom stereocenters. The normalized spacial score (nSPS) is 13.5. The summed E-state index contributed by atoms with van der Waals surface area (Å²) >= 11 is 0. The Morgan fingerprint density at radius 3 is 2.06 bits per heavy atom. The van der Waals surface area contributed by atoms with Gasteiger partial charge >= 0.3 is 5.97 Å². The van der Waals surface area contributed by atoms with Crippen LogP contribution in [0.1, 0.15) is 47.5 Å². The van der Waals surface area contributed by atoms with Gasteiger partial charge < -0.3 is 4.74 Å². The fraction of sp³-hybridized carbons (Fsp3) is 0.786. The summed E-state index contributed by atoms with van der Waals surface area (Å²) in [6.07, 6.45) is 3.15. The second kappa shape index (κ2) is 7.49. The maximum atomic E-state index is 11.4. The highest BCUT2D eigenvalue weighted by molar-refractivity contribution is 5.81. The van der Waals surface area contributed by atoms with E-state index in [-0.39, 0.29) is 17.6 Å². The van der Waals surface area contributed by atoms with E-state index in [1.54, 1.807) is 0 Å². The van der Waals surface area contributed by atoms with Gasteiger partial charge in [-0.05, 0) is 12.8 Å². The van der Waals surface area contributed by atoms with Crippen LogP contribution in [-0.4, -0.2) is 30.2 Å². The summed E-state index contributed by atoms with van der Waals surface area (Å²) in [6, 6.07) is 0. The lowest BCUT2D eigenvalue weighted by Crippen LogP contribution is -2.47. The van der Waals surface area contributed by atoms with Gasteiger partial charge in [0.15, 0.2) is 6.23 Å². The van der Waals surface area contributed by atoms with Gasteiger partial charge in [-0.3, -0.25) is 4.90 Å². The minimum atomic E-state index is -0.345. The van der Waals surface area contributed by atoms with Gasteiger partial charge in [0.25, 0.3) is 0 Å². The van der Waals surface area contributed by atoms with Crippen LogP contribution in [0.4, 0.5) is 0 Å². The number of esters is 1. The van der Waals surface area contributed by atoms with Crippen molar-refractivity contribution < 1.29 is 9.53 Å². The number of nitrogens with zero attached hydrogens (tertiary/aromatic N) is 1. The van der Waals surface area contributed by atoms with Crippen molar-refractivity contribution in [3.63, 3.8) is 0 Å². The van der Waals surface area contributed by atoms with Crippen LogP contribution in [0, 0.1) is 5.41 Å². The number of rotatable bonds is 7. The molecular formula is C14H27NO2. The lowest BCUT2D eigenvalue weighted by Gasteiger charge is -2.38.